The number of rotatable bonds is 6. The number of hydroxylamine groups is 1. The average molecular weight is 442 g/mol. The predicted octanol–water partition coefficient (Wildman–Crippen LogP) is 4.80. The summed E-state index contributed by atoms with van der Waals surface area (Å²) in [4.78, 5) is 17.4. The Labute approximate surface area is 154 Å². The van der Waals surface area contributed by atoms with Crippen LogP contribution >= 0.6 is 22.6 Å². The number of anilines is 2. The molecule has 24 heavy (non-hydrogen) atoms. The lowest BCUT2D eigenvalue weighted by atomic mass is 10.1. The van der Waals surface area contributed by atoms with Gasteiger partial charge in [0.15, 0.2) is 0 Å². The number of para-hydroxylation sites is 1. The van der Waals surface area contributed by atoms with Crippen molar-refractivity contribution >= 4 is 39.9 Å². The van der Waals surface area contributed by atoms with Crippen molar-refractivity contribution < 1.29 is 14.0 Å². The Kier molecular flexibility index (Phi) is 6.56. The normalized spacial score (nSPS) is 10.8. The van der Waals surface area contributed by atoms with E-state index >= 15 is 0 Å². The molecule has 0 atom stereocenters. The van der Waals surface area contributed by atoms with E-state index in [0.717, 1.165) is 14.8 Å². The van der Waals surface area contributed by atoms with Crippen LogP contribution in [-0.2, 0) is 4.84 Å². The maximum Gasteiger partial charge on any atom is 0.277 e. The zero-order valence-electron chi connectivity index (χ0n) is 13.8. The first-order valence-corrected chi connectivity index (χ1v) is 8.70. The number of halogens is 2. The van der Waals surface area contributed by atoms with Crippen molar-refractivity contribution in [2.24, 2.45) is 5.92 Å². The lowest BCUT2D eigenvalue weighted by Gasteiger charge is -2.15. The van der Waals surface area contributed by atoms with Crippen molar-refractivity contribution in [1.82, 2.24) is 5.48 Å². The summed E-state index contributed by atoms with van der Waals surface area (Å²) < 4.78 is 15.4. The molecule has 0 radical (unpaired) electrons. The minimum Gasteiger partial charge on any atom is -0.352 e. The van der Waals surface area contributed by atoms with Crippen molar-refractivity contribution in [1.29, 1.82) is 0 Å². The van der Waals surface area contributed by atoms with Crippen LogP contribution < -0.4 is 10.8 Å². The van der Waals surface area contributed by atoms with Crippen LogP contribution in [-0.4, -0.2) is 12.5 Å². The molecule has 0 aliphatic carbocycles. The van der Waals surface area contributed by atoms with Gasteiger partial charge in [-0.1, -0.05) is 19.9 Å². The highest BCUT2D eigenvalue weighted by Gasteiger charge is 2.16. The molecular formula is C18H20FIN2O2. The van der Waals surface area contributed by atoms with Gasteiger partial charge in [-0.05, 0) is 71.3 Å². The highest BCUT2D eigenvalue weighted by molar-refractivity contribution is 14.1. The SMILES string of the molecule is Cc1cc(I)ccc1Nc1c(F)cccc1C(=O)NOCC(C)C. The van der Waals surface area contributed by atoms with E-state index in [1.807, 2.05) is 39.0 Å². The number of nitrogens with one attached hydrogen (secondary N) is 2. The Bertz CT molecular complexity index is 735. The number of hydrogen-bond donors (Lipinski definition) is 2. The second kappa shape index (κ2) is 8.43. The van der Waals surface area contributed by atoms with Gasteiger partial charge < -0.3 is 5.32 Å². The molecule has 2 rings (SSSR count). The maximum atomic E-state index is 14.3. The molecule has 0 heterocycles. The summed E-state index contributed by atoms with van der Waals surface area (Å²) in [6.07, 6.45) is 0. The molecule has 4 nitrogen and oxygen atoms in total. The van der Waals surface area contributed by atoms with Gasteiger partial charge in [0.1, 0.15) is 5.82 Å². The van der Waals surface area contributed by atoms with E-state index in [9.17, 15) is 9.18 Å². The molecule has 6 heteroatoms. The largest absolute Gasteiger partial charge is 0.352 e. The summed E-state index contributed by atoms with van der Waals surface area (Å²) in [6.45, 7) is 6.26. The summed E-state index contributed by atoms with van der Waals surface area (Å²) >= 11 is 2.21. The van der Waals surface area contributed by atoms with Crippen molar-refractivity contribution in [2.45, 2.75) is 20.8 Å². The summed E-state index contributed by atoms with van der Waals surface area (Å²) in [7, 11) is 0. The minimum absolute atomic E-state index is 0.132. The quantitative estimate of drug-likeness (QED) is 0.499. The molecule has 0 saturated heterocycles. The molecule has 0 aromatic heterocycles. The van der Waals surface area contributed by atoms with Gasteiger partial charge >= 0.3 is 0 Å². The van der Waals surface area contributed by atoms with E-state index in [0.29, 0.717) is 6.61 Å². The topological polar surface area (TPSA) is 50.4 Å². The van der Waals surface area contributed by atoms with Gasteiger partial charge in [-0.2, -0.15) is 0 Å². The Morgan fingerprint density at radius 3 is 2.71 bits per heavy atom. The van der Waals surface area contributed by atoms with Crippen molar-refractivity contribution in [3.05, 3.63) is 56.9 Å². The van der Waals surface area contributed by atoms with Gasteiger partial charge in [0.05, 0.1) is 17.9 Å². The van der Waals surface area contributed by atoms with E-state index in [2.05, 4.69) is 33.4 Å². The highest BCUT2D eigenvalue weighted by atomic mass is 127. The van der Waals surface area contributed by atoms with Crippen molar-refractivity contribution in [3.63, 3.8) is 0 Å². The highest BCUT2D eigenvalue weighted by Crippen LogP contribution is 2.27. The molecule has 2 aromatic rings. The molecule has 128 valence electrons. The van der Waals surface area contributed by atoms with Crippen molar-refractivity contribution in [2.75, 3.05) is 11.9 Å². The molecule has 2 N–H and O–H groups in total. The van der Waals surface area contributed by atoms with Crippen molar-refractivity contribution in [3.8, 4) is 0 Å². The first kappa shape index (κ1) is 18.7. The van der Waals surface area contributed by atoms with Gasteiger partial charge in [-0.15, -0.1) is 0 Å². The molecule has 1 amide bonds. The molecule has 0 aliphatic heterocycles. The Hall–Kier alpha value is -1.67. The number of carbonyl (C=O) groups excluding carboxylic acids is 1. The standard InChI is InChI=1S/C18H20FIN2O2/c1-11(2)10-24-22-18(23)14-5-4-6-15(19)17(14)21-16-8-7-13(20)9-12(16)3/h4-9,11,21H,10H2,1-3H3,(H,22,23). The van der Waals surface area contributed by atoms with Gasteiger partial charge in [0, 0.05) is 9.26 Å². The van der Waals surface area contributed by atoms with Gasteiger partial charge in [0.25, 0.3) is 5.91 Å². The number of aryl methyl sites for hydroxylation is 1. The second-order valence-electron chi connectivity index (χ2n) is 5.88. The van der Waals surface area contributed by atoms with E-state index in [4.69, 9.17) is 4.84 Å². The van der Waals surface area contributed by atoms with Crippen LogP contribution in [0.15, 0.2) is 36.4 Å². The monoisotopic (exact) mass is 442 g/mol. The fourth-order valence-electron chi connectivity index (χ4n) is 2.07. The minimum atomic E-state index is -0.496. The maximum absolute atomic E-state index is 14.3. The Morgan fingerprint density at radius 1 is 1.29 bits per heavy atom. The molecule has 2 aromatic carbocycles. The molecule has 0 fully saturated rings. The molecule has 0 saturated carbocycles. The second-order valence-corrected chi connectivity index (χ2v) is 7.13. The third-order valence-corrected chi connectivity index (χ3v) is 3.96. The molecule has 0 spiro atoms. The average Bonchev–Trinajstić information content (AvgIpc) is 2.51. The first-order chi connectivity index (χ1) is 11.4. The van der Waals surface area contributed by atoms with E-state index in [1.54, 1.807) is 6.07 Å². The summed E-state index contributed by atoms with van der Waals surface area (Å²) in [5, 5.41) is 3.02. The fourth-order valence-corrected chi connectivity index (χ4v) is 2.72. The number of amides is 1. The van der Waals surface area contributed by atoms with E-state index in [-0.39, 0.29) is 17.2 Å². The van der Waals surface area contributed by atoms with Crippen LogP contribution in [0.3, 0.4) is 0 Å². The summed E-state index contributed by atoms with van der Waals surface area (Å²) in [6, 6.07) is 10.1. The van der Waals surface area contributed by atoms with E-state index < -0.39 is 11.7 Å². The van der Waals surface area contributed by atoms with Crippen LogP contribution in [0.5, 0.6) is 0 Å². The molecule has 0 bridgehead atoms. The zero-order chi connectivity index (χ0) is 17.7. The smallest absolute Gasteiger partial charge is 0.277 e. The molecule has 0 aliphatic rings. The van der Waals surface area contributed by atoms with Crippen LogP contribution in [0.1, 0.15) is 29.8 Å². The summed E-state index contributed by atoms with van der Waals surface area (Å²) in [5.41, 5.74) is 4.40. The van der Waals surface area contributed by atoms with Gasteiger partial charge in [-0.3, -0.25) is 9.63 Å². The Morgan fingerprint density at radius 2 is 2.04 bits per heavy atom. The summed E-state index contributed by atoms with van der Waals surface area (Å²) in [5.74, 6) is -0.699. The number of benzene rings is 2. The first-order valence-electron chi connectivity index (χ1n) is 7.62. The van der Waals surface area contributed by atoms with Crippen LogP contribution in [0, 0.1) is 22.2 Å². The van der Waals surface area contributed by atoms with Crippen LogP contribution in [0.4, 0.5) is 15.8 Å². The third kappa shape index (κ3) is 4.91. The zero-order valence-corrected chi connectivity index (χ0v) is 16.0. The number of carbonyl (C=O) groups is 1. The van der Waals surface area contributed by atoms with Gasteiger partial charge in [-0.25, -0.2) is 9.87 Å². The number of hydrogen-bond acceptors (Lipinski definition) is 3. The third-order valence-electron chi connectivity index (χ3n) is 3.29. The lowest BCUT2D eigenvalue weighted by Crippen LogP contribution is -2.26. The fraction of sp³-hybridized carbons (Fsp3) is 0.278. The van der Waals surface area contributed by atoms with Crippen LogP contribution in [0.25, 0.3) is 0 Å². The Balaban J connectivity index is 2.24. The van der Waals surface area contributed by atoms with Gasteiger partial charge in [0.2, 0.25) is 0 Å². The van der Waals surface area contributed by atoms with Crippen LogP contribution in [0.2, 0.25) is 0 Å². The molecular weight excluding hydrogens is 422 g/mol. The lowest BCUT2D eigenvalue weighted by molar-refractivity contribution is 0.0209. The predicted molar refractivity (Wildman–Crippen MR) is 102 cm³/mol. The van der Waals surface area contributed by atoms with E-state index in [1.165, 1.54) is 12.1 Å². The molecule has 0 unspecified atom stereocenters.